The van der Waals surface area contributed by atoms with Gasteiger partial charge in [0.05, 0.1) is 0 Å². The lowest BCUT2D eigenvalue weighted by Gasteiger charge is -2.10. The first kappa shape index (κ1) is 10.6. The molecule has 0 aliphatic rings. The van der Waals surface area contributed by atoms with Crippen LogP contribution in [0.4, 0.5) is 0 Å². The highest BCUT2D eigenvalue weighted by Gasteiger charge is 2.13. The highest BCUT2D eigenvalue weighted by Crippen LogP contribution is 2.22. The van der Waals surface area contributed by atoms with Crippen LogP contribution in [-0.4, -0.2) is 17.6 Å². The predicted octanol–water partition coefficient (Wildman–Crippen LogP) is 1.76. The van der Waals surface area contributed by atoms with Crippen molar-refractivity contribution < 1.29 is 9.90 Å². The van der Waals surface area contributed by atoms with Crippen LogP contribution in [0.1, 0.15) is 28.4 Å². The second kappa shape index (κ2) is 4.13. The normalized spacial score (nSPS) is 9.93. The molecule has 1 aromatic rings. The van der Waals surface area contributed by atoms with Gasteiger partial charge in [-0.15, -0.1) is 0 Å². The van der Waals surface area contributed by atoms with Gasteiger partial charge in [0.2, 0.25) is 0 Å². The van der Waals surface area contributed by atoms with E-state index < -0.39 is 0 Å². The smallest absolute Gasteiger partial charge is 0.251 e. The molecule has 0 fully saturated rings. The van der Waals surface area contributed by atoms with Gasteiger partial charge in [-0.05, 0) is 32.4 Å². The van der Waals surface area contributed by atoms with Crippen molar-refractivity contribution in [2.75, 3.05) is 6.54 Å². The fourth-order valence-corrected chi connectivity index (χ4v) is 1.43. The van der Waals surface area contributed by atoms with Crippen molar-refractivity contribution in [3.8, 4) is 5.75 Å². The quantitative estimate of drug-likeness (QED) is 0.751. The van der Waals surface area contributed by atoms with Crippen LogP contribution in [0.25, 0.3) is 0 Å². The highest BCUT2D eigenvalue weighted by molar-refractivity contribution is 5.97. The van der Waals surface area contributed by atoms with Gasteiger partial charge in [0.15, 0.2) is 0 Å². The van der Waals surface area contributed by atoms with Crippen molar-refractivity contribution in [3.05, 3.63) is 28.8 Å². The van der Waals surface area contributed by atoms with E-state index >= 15 is 0 Å². The molecule has 76 valence electrons. The second-order valence-electron chi connectivity index (χ2n) is 3.26. The number of nitrogens with one attached hydrogen (secondary N) is 1. The molecule has 0 heterocycles. The first-order valence-electron chi connectivity index (χ1n) is 4.65. The third-order valence-corrected chi connectivity index (χ3v) is 2.21. The van der Waals surface area contributed by atoms with Crippen LogP contribution in [-0.2, 0) is 0 Å². The molecule has 1 amide bonds. The van der Waals surface area contributed by atoms with Crippen LogP contribution in [0.15, 0.2) is 12.1 Å². The molecule has 2 N–H and O–H groups in total. The van der Waals surface area contributed by atoms with Crippen molar-refractivity contribution >= 4 is 5.91 Å². The summed E-state index contributed by atoms with van der Waals surface area (Å²) in [5.41, 5.74) is 2.09. The number of hydrogen-bond acceptors (Lipinski definition) is 2. The summed E-state index contributed by atoms with van der Waals surface area (Å²) in [6.07, 6.45) is 0. The lowest BCUT2D eigenvalue weighted by atomic mass is 10.0. The summed E-state index contributed by atoms with van der Waals surface area (Å²) in [5.74, 6) is 0.0373. The highest BCUT2D eigenvalue weighted by atomic mass is 16.3. The number of phenols is 1. The van der Waals surface area contributed by atoms with Crippen molar-refractivity contribution in [3.63, 3.8) is 0 Å². The van der Waals surface area contributed by atoms with Crippen LogP contribution in [0.2, 0.25) is 0 Å². The summed E-state index contributed by atoms with van der Waals surface area (Å²) in [6, 6.07) is 3.35. The standard InChI is InChI=1S/C11H15NO2/c1-4-12-11(14)10-7(2)5-6-9(13)8(10)3/h5-6,13H,4H2,1-3H3,(H,12,14). The molecule has 1 rings (SSSR count). The van der Waals surface area contributed by atoms with Crippen LogP contribution < -0.4 is 5.32 Å². The number of amides is 1. The summed E-state index contributed by atoms with van der Waals surface area (Å²) < 4.78 is 0. The fourth-order valence-electron chi connectivity index (χ4n) is 1.43. The topological polar surface area (TPSA) is 49.3 Å². The maximum Gasteiger partial charge on any atom is 0.251 e. The molecule has 0 aromatic heterocycles. The number of rotatable bonds is 2. The van der Waals surface area contributed by atoms with Gasteiger partial charge < -0.3 is 10.4 Å². The van der Waals surface area contributed by atoms with Crippen LogP contribution in [0, 0.1) is 13.8 Å². The van der Waals surface area contributed by atoms with Crippen molar-refractivity contribution in [2.24, 2.45) is 0 Å². The zero-order valence-corrected chi connectivity index (χ0v) is 8.72. The lowest BCUT2D eigenvalue weighted by molar-refractivity contribution is 0.0954. The van der Waals surface area contributed by atoms with Crippen LogP contribution in [0.5, 0.6) is 5.75 Å². The van der Waals surface area contributed by atoms with Crippen molar-refractivity contribution in [1.82, 2.24) is 5.32 Å². The zero-order chi connectivity index (χ0) is 10.7. The second-order valence-corrected chi connectivity index (χ2v) is 3.26. The van der Waals surface area contributed by atoms with Gasteiger partial charge in [-0.25, -0.2) is 0 Å². The predicted molar refractivity (Wildman–Crippen MR) is 55.6 cm³/mol. The van der Waals surface area contributed by atoms with E-state index in [4.69, 9.17) is 0 Å². The van der Waals surface area contributed by atoms with Gasteiger partial charge >= 0.3 is 0 Å². The van der Waals surface area contributed by atoms with E-state index in [9.17, 15) is 9.90 Å². The lowest BCUT2D eigenvalue weighted by Crippen LogP contribution is -2.24. The number of phenolic OH excluding ortho intramolecular Hbond substituents is 1. The van der Waals surface area contributed by atoms with Crippen LogP contribution in [0.3, 0.4) is 0 Å². The number of aryl methyl sites for hydroxylation is 1. The maximum atomic E-state index is 11.6. The summed E-state index contributed by atoms with van der Waals surface area (Å²) in [6.45, 7) is 6.06. The number of carbonyl (C=O) groups is 1. The third-order valence-electron chi connectivity index (χ3n) is 2.21. The summed E-state index contributed by atoms with van der Waals surface area (Å²) in [4.78, 5) is 11.6. The first-order chi connectivity index (χ1) is 6.57. The molecular formula is C11H15NO2. The fraction of sp³-hybridized carbons (Fsp3) is 0.364. The Hall–Kier alpha value is -1.51. The Kier molecular flexibility index (Phi) is 3.12. The molecule has 0 unspecified atom stereocenters. The Labute approximate surface area is 83.8 Å². The van der Waals surface area contributed by atoms with Gasteiger partial charge in [-0.2, -0.15) is 0 Å². The van der Waals surface area contributed by atoms with Gasteiger partial charge in [0.25, 0.3) is 5.91 Å². The van der Waals surface area contributed by atoms with E-state index in [1.807, 2.05) is 13.8 Å². The van der Waals surface area contributed by atoms with Crippen molar-refractivity contribution in [1.29, 1.82) is 0 Å². The SMILES string of the molecule is CCNC(=O)c1c(C)ccc(O)c1C. The van der Waals surface area contributed by atoms with Gasteiger partial charge in [0, 0.05) is 17.7 Å². The van der Waals surface area contributed by atoms with Gasteiger partial charge in [-0.1, -0.05) is 6.07 Å². The Morgan fingerprint density at radius 3 is 2.64 bits per heavy atom. The maximum absolute atomic E-state index is 11.6. The van der Waals surface area contributed by atoms with Gasteiger partial charge in [0.1, 0.15) is 5.75 Å². The van der Waals surface area contributed by atoms with Gasteiger partial charge in [-0.3, -0.25) is 4.79 Å². The molecule has 0 atom stereocenters. The summed E-state index contributed by atoms with van der Waals surface area (Å²) in [7, 11) is 0. The molecule has 0 radical (unpaired) electrons. The monoisotopic (exact) mass is 193 g/mol. The van der Waals surface area contributed by atoms with E-state index in [-0.39, 0.29) is 11.7 Å². The number of benzene rings is 1. The summed E-state index contributed by atoms with van der Waals surface area (Å²) in [5, 5.41) is 12.2. The molecule has 0 spiro atoms. The molecule has 0 saturated heterocycles. The minimum absolute atomic E-state index is 0.126. The summed E-state index contributed by atoms with van der Waals surface area (Å²) >= 11 is 0. The Bertz CT molecular complexity index is 359. The van der Waals surface area contributed by atoms with E-state index in [1.165, 1.54) is 0 Å². The average molecular weight is 193 g/mol. The molecule has 3 nitrogen and oxygen atoms in total. The molecule has 14 heavy (non-hydrogen) atoms. The number of aromatic hydroxyl groups is 1. The molecular weight excluding hydrogens is 178 g/mol. The van der Waals surface area contributed by atoms with E-state index in [0.717, 1.165) is 5.56 Å². The largest absolute Gasteiger partial charge is 0.508 e. The minimum Gasteiger partial charge on any atom is -0.508 e. The van der Waals surface area contributed by atoms with Crippen molar-refractivity contribution in [2.45, 2.75) is 20.8 Å². The average Bonchev–Trinajstić information content (AvgIpc) is 2.13. The molecule has 0 aliphatic carbocycles. The zero-order valence-electron chi connectivity index (χ0n) is 8.72. The Morgan fingerprint density at radius 1 is 1.43 bits per heavy atom. The third kappa shape index (κ3) is 1.87. The number of carbonyl (C=O) groups excluding carboxylic acids is 1. The van der Waals surface area contributed by atoms with Crippen LogP contribution >= 0.6 is 0 Å². The molecule has 3 heteroatoms. The number of hydrogen-bond donors (Lipinski definition) is 2. The van der Waals surface area contributed by atoms with E-state index in [2.05, 4.69) is 5.32 Å². The molecule has 0 saturated carbocycles. The molecule has 0 bridgehead atoms. The Morgan fingerprint density at radius 2 is 2.07 bits per heavy atom. The first-order valence-corrected chi connectivity index (χ1v) is 4.65. The Balaban J connectivity index is 3.18. The van der Waals surface area contributed by atoms with E-state index in [0.29, 0.717) is 17.7 Å². The van der Waals surface area contributed by atoms with E-state index in [1.54, 1.807) is 19.1 Å². The minimum atomic E-state index is -0.126. The molecule has 1 aromatic carbocycles. The molecule has 0 aliphatic heterocycles.